The van der Waals surface area contributed by atoms with Crippen LogP contribution in [-0.2, 0) is 25.8 Å². The third-order valence-corrected chi connectivity index (χ3v) is 18.9. The van der Waals surface area contributed by atoms with E-state index in [1.807, 2.05) is 121 Å². The number of benzene rings is 8. The van der Waals surface area contributed by atoms with Crippen LogP contribution in [0.3, 0.4) is 0 Å². The number of hydrogen-bond acceptors (Lipinski definition) is 4. The molecule has 9 heteroatoms. The zero-order valence-electron chi connectivity index (χ0n) is 39.3. The van der Waals surface area contributed by atoms with Gasteiger partial charge in [0.15, 0.2) is 13.2 Å². The Morgan fingerprint density at radius 2 is 0.620 bits per heavy atom. The van der Waals surface area contributed by atoms with Crippen LogP contribution in [-0.4, -0.2) is 32.9 Å². The summed E-state index contributed by atoms with van der Waals surface area (Å²) in [6.45, 7) is 8.75. The summed E-state index contributed by atoms with van der Waals surface area (Å²) in [7, 11) is -1.82. The zero-order valence-corrected chi connectivity index (χ0v) is 46.4. The molecule has 0 aliphatic carbocycles. The maximum Gasteiger partial charge on any atom is 0.262 e. The van der Waals surface area contributed by atoms with Gasteiger partial charge < -0.3 is 19.7 Å². The predicted molar refractivity (Wildman–Crippen MR) is 304 cm³/mol. The first kappa shape index (κ1) is 52.6. The molecular weight excluding hydrogens is 1110 g/mol. The first-order valence-electron chi connectivity index (χ1n) is 23.2. The van der Waals surface area contributed by atoms with E-state index < -0.39 is 15.8 Å². The van der Waals surface area contributed by atoms with Crippen molar-refractivity contribution in [2.75, 3.05) is 13.2 Å². The number of hydrogen-bond donors (Lipinski definition) is 2. The fraction of sp³-hybridized carbons (Fsp3) is 0.0645. The summed E-state index contributed by atoms with van der Waals surface area (Å²) < 4.78 is 12.0. The molecule has 71 heavy (non-hydrogen) atoms. The monoisotopic (exact) mass is 1170 g/mol. The van der Waals surface area contributed by atoms with E-state index in [1.54, 1.807) is 22.7 Å². The Kier molecular flexibility index (Phi) is 20.3. The van der Waals surface area contributed by atoms with Crippen molar-refractivity contribution in [1.29, 1.82) is 0 Å². The van der Waals surface area contributed by atoms with Gasteiger partial charge in [-0.3, -0.25) is 0 Å². The summed E-state index contributed by atoms with van der Waals surface area (Å²) in [5.41, 5.74) is 5.69. The molecule has 0 saturated heterocycles. The Labute approximate surface area is 448 Å². The molecule has 2 aromatic heterocycles. The van der Waals surface area contributed by atoms with Crippen molar-refractivity contribution < 1.29 is 45.5 Å². The van der Waals surface area contributed by atoms with Gasteiger partial charge in [-0.1, -0.05) is 158 Å². The molecule has 0 atom stereocenters. The first-order chi connectivity index (χ1) is 34.5. The fourth-order valence-electron chi connectivity index (χ4n) is 7.72. The van der Waals surface area contributed by atoms with Crippen molar-refractivity contribution in [2.45, 2.75) is 12.8 Å². The molecule has 10 rings (SSSR count). The van der Waals surface area contributed by atoms with Crippen LogP contribution in [0.4, 0.5) is 0 Å². The van der Waals surface area contributed by atoms with Crippen LogP contribution >= 0.6 is 38.5 Å². The molecule has 2 heterocycles. The van der Waals surface area contributed by atoms with Crippen LogP contribution in [0.2, 0.25) is 0 Å². The molecular formula is C62H56HfO4P2S2. The van der Waals surface area contributed by atoms with Gasteiger partial charge in [-0.25, -0.2) is 0 Å². The van der Waals surface area contributed by atoms with E-state index in [2.05, 4.69) is 134 Å². The van der Waals surface area contributed by atoms with Gasteiger partial charge in [0.05, 0.1) is 20.4 Å². The molecule has 0 radical (unpaired) electrons. The average Bonchev–Trinajstić information content (AvgIpc) is 3.98. The van der Waals surface area contributed by atoms with Gasteiger partial charge in [0.1, 0.15) is 11.5 Å². The van der Waals surface area contributed by atoms with Gasteiger partial charge in [-0.15, -0.1) is 46.9 Å². The number of rotatable bonds is 15. The molecule has 10 aromatic rings. The maximum absolute atomic E-state index is 11.8. The maximum atomic E-state index is 11.8. The average molecular weight is 1170 g/mol. The SMILES string of the molecule is Oc1c(-c2ccccc2[OH+]CCCC[OH+]c2ccccc2-c2csc(P(c3ccccc3)c3ccccc3)c2O)csc1P(c1ccccc1)c1ccccc1.[CH2-]c1ccccc1.[CH2-]c1ccccc1.[Hf]. The van der Waals surface area contributed by atoms with Gasteiger partial charge in [0, 0.05) is 88.5 Å². The molecule has 0 amide bonds. The van der Waals surface area contributed by atoms with Crippen molar-refractivity contribution >= 4 is 69.0 Å². The van der Waals surface area contributed by atoms with E-state index in [0.29, 0.717) is 24.7 Å². The molecule has 0 aliphatic rings. The second kappa shape index (κ2) is 27.4. The van der Waals surface area contributed by atoms with Crippen LogP contribution in [0.15, 0.2) is 241 Å². The van der Waals surface area contributed by atoms with Crippen molar-refractivity contribution in [3.8, 4) is 45.3 Å². The third kappa shape index (κ3) is 14.3. The molecule has 354 valence electrons. The van der Waals surface area contributed by atoms with E-state index in [9.17, 15) is 10.2 Å². The number of ether oxygens (including phenoxy) is 2. The van der Waals surface area contributed by atoms with Gasteiger partial charge in [0.2, 0.25) is 0 Å². The summed E-state index contributed by atoms with van der Waals surface area (Å²) in [5.74, 6) is 2.45. The largest absolute Gasteiger partial charge is 0.582 e. The second-order valence-corrected chi connectivity index (χ2v) is 22.8. The van der Waals surface area contributed by atoms with Crippen molar-refractivity contribution in [1.82, 2.24) is 0 Å². The minimum atomic E-state index is -0.909. The molecule has 0 bridgehead atoms. The molecule has 0 spiro atoms. The zero-order chi connectivity index (χ0) is 48.3. The topological polar surface area (TPSA) is 66.1 Å². The van der Waals surface area contributed by atoms with Gasteiger partial charge >= 0.3 is 0 Å². The number of aromatic hydroxyl groups is 4. The molecule has 0 saturated carbocycles. The summed E-state index contributed by atoms with van der Waals surface area (Å²) in [6, 6.07) is 77.9. The number of unbranched alkanes of at least 4 members (excludes halogenated alkanes) is 1. The Balaban J connectivity index is 0.000000425. The molecule has 0 fully saturated rings. The van der Waals surface area contributed by atoms with Crippen molar-refractivity contribution in [3.63, 3.8) is 0 Å². The van der Waals surface area contributed by atoms with E-state index in [-0.39, 0.29) is 25.8 Å². The normalized spacial score (nSPS) is 10.6. The summed E-state index contributed by atoms with van der Waals surface area (Å²) in [5, 5.41) is 32.5. The number of aliphatic hydroxyl groups is 2. The van der Waals surface area contributed by atoms with Gasteiger partial charge in [-0.05, 0) is 33.4 Å². The van der Waals surface area contributed by atoms with Gasteiger partial charge in [0.25, 0.3) is 11.5 Å². The van der Waals surface area contributed by atoms with Crippen LogP contribution in [0.5, 0.6) is 23.0 Å². The Bertz CT molecular complexity index is 2810. The summed E-state index contributed by atoms with van der Waals surface area (Å²) in [6.07, 6.45) is 1.75. The summed E-state index contributed by atoms with van der Waals surface area (Å²) >= 11 is 3.24. The van der Waals surface area contributed by atoms with E-state index >= 15 is 0 Å². The first-order valence-corrected chi connectivity index (χ1v) is 27.6. The van der Waals surface area contributed by atoms with E-state index in [0.717, 1.165) is 67.0 Å². The molecule has 0 unspecified atom stereocenters. The van der Waals surface area contributed by atoms with Gasteiger partial charge in [-0.2, -0.15) is 49.2 Å². The Morgan fingerprint density at radius 3 is 0.901 bits per heavy atom. The van der Waals surface area contributed by atoms with Crippen LogP contribution in [0.1, 0.15) is 24.0 Å². The smallest absolute Gasteiger partial charge is 0.262 e. The number of thiophene rings is 2. The Morgan fingerprint density at radius 1 is 0.352 bits per heavy atom. The Hall–Kier alpha value is -6.17. The number of para-hydroxylation sites is 2. The minimum Gasteiger partial charge on any atom is -0.582 e. The second-order valence-electron chi connectivity index (χ2n) is 16.1. The fourth-order valence-corrected chi connectivity index (χ4v) is 15.6. The standard InChI is InChI=1S/C48H40O4P2S2.2C7H7.Hf/c49-45-41(33-55-47(45)53(35-19-5-1-6-20-35)36-21-7-2-8-22-36)39-27-13-15-29-43(39)51-31-17-18-32-52-44-30-16-14-28-40(44)42-34-56-48(46(42)50)54(37-23-9-3-10-24-37)38-25-11-4-12-26-38;2*1-7-5-3-2-4-6-7;/h1-16,19-30,33-34,49-50H,17-18,31-32H2;2*2-6H,1H2;/q;2*-1;/p+2. The molecule has 0 aliphatic heterocycles. The third-order valence-electron chi connectivity index (χ3n) is 11.2. The minimum absolute atomic E-state index is 0. The summed E-state index contributed by atoms with van der Waals surface area (Å²) in [4.78, 5) is 0. The van der Waals surface area contributed by atoms with Crippen LogP contribution in [0, 0.1) is 13.8 Å². The van der Waals surface area contributed by atoms with Crippen LogP contribution < -0.4 is 30.5 Å². The van der Waals surface area contributed by atoms with Crippen molar-refractivity contribution in [2.24, 2.45) is 0 Å². The molecule has 8 aromatic carbocycles. The van der Waals surface area contributed by atoms with E-state index in [1.165, 1.54) is 21.2 Å². The predicted octanol–water partition coefficient (Wildman–Crippen LogP) is 13.8. The molecule has 4 nitrogen and oxygen atoms in total. The van der Waals surface area contributed by atoms with Crippen LogP contribution in [0.25, 0.3) is 22.3 Å². The van der Waals surface area contributed by atoms with Crippen molar-refractivity contribution in [3.05, 3.63) is 266 Å². The molecule has 4 N–H and O–H groups in total. The quantitative estimate of drug-likeness (QED) is 0.0353. The van der Waals surface area contributed by atoms with E-state index in [4.69, 9.17) is 9.47 Å².